The number of rotatable bonds is 6. The number of ether oxygens (including phenoxy) is 1. The largest absolute Gasteiger partial charge is 0.384 e. The Balaban J connectivity index is 1.96. The summed E-state index contributed by atoms with van der Waals surface area (Å²) in [6.45, 7) is 8.01. The van der Waals surface area contributed by atoms with Crippen LogP contribution < -0.4 is 5.32 Å². The second-order valence-electron chi connectivity index (χ2n) is 6.54. The van der Waals surface area contributed by atoms with Gasteiger partial charge in [0.25, 0.3) is 0 Å². The van der Waals surface area contributed by atoms with Crippen molar-refractivity contribution in [3.05, 3.63) is 0 Å². The molecule has 1 aliphatic heterocycles. The molecule has 0 spiro atoms. The number of nitrogens with one attached hydrogen (secondary N) is 1. The highest BCUT2D eigenvalue weighted by Crippen LogP contribution is 2.33. The Labute approximate surface area is 119 Å². The zero-order valence-corrected chi connectivity index (χ0v) is 12.9. The molecular weight excluding hydrogens is 236 g/mol. The van der Waals surface area contributed by atoms with Crippen LogP contribution in [0.3, 0.4) is 0 Å². The highest BCUT2D eigenvalue weighted by atomic mass is 16.5. The van der Waals surface area contributed by atoms with E-state index in [0.29, 0.717) is 5.41 Å². The number of nitrogens with zero attached hydrogens (tertiary/aromatic N) is 1. The third kappa shape index (κ3) is 4.17. The maximum atomic E-state index is 5.56. The van der Waals surface area contributed by atoms with Gasteiger partial charge in [0.05, 0.1) is 6.61 Å². The van der Waals surface area contributed by atoms with E-state index in [9.17, 15) is 0 Å². The average Bonchev–Trinajstić information content (AvgIpc) is 2.47. The standard InChI is InChI=1S/C16H32N2O/c1-3-18(15-7-5-4-6-8-15)13-16(14-19-2)9-11-17-12-10-16/h15,17H,3-14H2,1-2H3. The zero-order valence-electron chi connectivity index (χ0n) is 12.9. The summed E-state index contributed by atoms with van der Waals surface area (Å²) in [5.41, 5.74) is 0.396. The molecule has 2 aliphatic rings. The SMILES string of the molecule is CCN(CC1(COC)CCNCC1)C1CCCCC1. The van der Waals surface area contributed by atoms with Gasteiger partial charge in [-0.2, -0.15) is 0 Å². The summed E-state index contributed by atoms with van der Waals surface area (Å²) in [6.07, 6.45) is 9.67. The van der Waals surface area contributed by atoms with Gasteiger partial charge in [-0.25, -0.2) is 0 Å². The van der Waals surface area contributed by atoms with Crippen molar-refractivity contribution in [1.29, 1.82) is 0 Å². The van der Waals surface area contributed by atoms with Crippen LogP contribution in [0.5, 0.6) is 0 Å². The van der Waals surface area contributed by atoms with Crippen molar-refractivity contribution < 1.29 is 4.74 Å². The Hall–Kier alpha value is -0.120. The van der Waals surface area contributed by atoms with Gasteiger partial charge in [-0.1, -0.05) is 26.2 Å². The van der Waals surface area contributed by atoms with Crippen molar-refractivity contribution >= 4 is 0 Å². The van der Waals surface area contributed by atoms with Gasteiger partial charge in [0.15, 0.2) is 0 Å². The van der Waals surface area contributed by atoms with Gasteiger partial charge in [-0.3, -0.25) is 0 Å². The number of hydrogen-bond acceptors (Lipinski definition) is 3. The van der Waals surface area contributed by atoms with E-state index < -0.39 is 0 Å². The van der Waals surface area contributed by atoms with Crippen molar-refractivity contribution in [3.63, 3.8) is 0 Å². The molecule has 0 aromatic carbocycles. The van der Waals surface area contributed by atoms with Crippen LogP contribution in [-0.2, 0) is 4.74 Å². The second kappa shape index (κ2) is 7.61. The number of hydrogen-bond donors (Lipinski definition) is 1. The Morgan fingerprint density at radius 3 is 2.42 bits per heavy atom. The minimum absolute atomic E-state index is 0.396. The maximum Gasteiger partial charge on any atom is 0.0531 e. The summed E-state index contributed by atoms with van der Waals surface area (Å²) < 4.78 is 5.56. The Bertz CT molecular complexity index is 240. The van der Waals surface area contributed by atoms with Gasteiger partial charge in [0.2, 0.25) is 0 Å². The topological polar surface area (TPSA) is 24.5 Å². The first-order valence-corrected chi connectivity index (χ1v) is 8.23. The summed E-state index contributed by atoms with van der Waals surface area (Å²) >= 11 is 0. The van der Waals surface area contributed by atoms with E-state index in [0.717, 1.165) is 25.7 Å². The molecule has 2 fully saturated rings. The molecule has 0 atom stereocenters. The quantitative estimate of drug-likeness (QED) is 0.801. The third-order valence-corrected chi connectivity index (χ3v) is 5.15. The Morgan fingerprint density at radius 2 is 1.84 bits per heavy atom. The van der Waals surface area contributed by atoms with Gasteiger partial charge in [0.1, 0.15) is 0 Å². The van der Waals surface area contributed by atoms with Crippen LogP contribution in [0.2, 0.25) is 0 Å². The van der Waals surface area contributed by atoms with Crippen LogP contribution >= 0.6 is 0 Å². The third-order valence-electron chi connectivity index (χ3n) is 5.15. The fraction of sp³-hybridized carbons (Fsp3) is 1.00. The monoisotopic (exact) mass is 268 g/mol. The first kappa shape index (κ1) is 15.3. The summed E-state index contributed by atoms with van der Waals surface area (Å²) in [5, 5.41) is 3.49. The molecule has 1 N–H and O–H groups in total. The summed E-state index contributed by atoms with van der Waals surface area (Å²) in [5.74, 6) is 0. The molecule has 1 heterocycles. The lowest BCUT2D eigenvalue weighted by atomic mass is 9.78. The number of piperidine rings is 1. The fourth-order valence-electron chi connectivity index (χ4n) is 3.99. The van der Waals surface area contributed by atoms with Crippen LogP contribution in [0.25, 0.3) is 0 Å². The first-order chi connectivity index (χ1) is 9.29. The molecule has 0 amide bonds. The molecule has 1 saturated carbocycles. The molecule has 0 bridgehead atoms. The predicted octanol–water partition coefficient (Wildman–Crippen LogP) is 2.66. The van der Waals surface area contributed by atoms with Crippen molar-refractivity contribution in [3.8, 4) is 0 Å². The molecule has 112 valence electrons. The Morgan fingerprint density at radius 1 is 1.16 bits per heavy atom. The first-order valence-electron chi connectivity index (χ1n) is 8.23. The number of methoxy groups -OCH3 is 1. The van der Waals surface area contributed by atoms with Crippen molar-refractivity contribution in [2.75, 3.05) is 39.9 Å². The van der Waals surface area contributed by atoms with Gasteiger partial charge >= 0.3 is 0 Å². The highest BCUT2D eigenvalue weighted by molar-refractivity contribution is 4.89. The van der Waals surface area contributed by atoms with Crippen LogP contribution in [0.1, 0.15) is 51.9 Å². The molecule has 1 saturated heterocycles. The van der Waals surface area contributed by atoms with Crippen molar-refractivity contribution in [2.24, 2.45) is 5.41 Å². The molecule has 0 unspecified atom stereocenters. The smallest absolute Gasteiger partial charge is 0.0531 e. The summed E-state index contributed by atoms with van der Waals surface area (Å²) in [4.78, 5) is 2.75. The van der Waals surface area contributed by atoms with Gasteiger partial charge < -0.3 is 15.0 Å². The van der Waals surface area contributed by atoms with Crippen LogP contribution in [0.15, 0.2) is 0 Å². The van der Waals surface area contributed by atoms with E-state index in [1.54, 1.807) is 0 Å². The molecule has 0 aromatic rings. The molecule has 0 radical (unpaired) electrons. The average molecular weight is 268 g/mol. The Kier molecular flexibility index (Phi) is 6.11. The van der Waals surface area contributed by atoms with E-state index in [2.05, 4.69) is 17.1 Å². The summed E-state index contributed by atoms with van der Waals surface area (Å²) in [6, 6.07) is 0.836. The van der Waals surface area contributed by atoms with E-state index in [-0.39, 0.29) is 0 Å². The lowest BCUT2D eigenvalue weighted by Crippen LogP contribution is -2.50. The molecule has 0 aromatic heterocycles. The molecule has 3 nitrogen and oxygen atoms in total. The van der Waals surface area contributed by atoms with Crippen LogP contribution in [0.4, 0.5) is 0 Å². The van der Waals surface area contributed by atoms with Crippen molar-refractivity contribution in [2.45, 2.75) is 57.9 Å². The predicted molar refractivity (Wildman–Crippen MR) is 80.5 cm³/mol. The second-order valence-corrected chi connectivity index (χ2v) is 6.54. The zero-order chi connectivity index (χ0) is 13.6. The van der Waals surface area contributed by atoms with Crippen LogP contribution in [-0.4, -0.2) is 50.8 Å². The minimum Gasteiger partial charge on any atom is -0.384 e. The fourth-order valence-corrected chi connectivity index (χ4v) is 3.99. The summed E-state index contributed by atoms with van der Waals surface area (Å²) in [7, 11) is 1.86. The minimum atomic E-state index is 0.396. The molecule has 3 heteroatoms. The normalized spacial score (nSPS) is 24.8. The van der Waals surface area contributed by atoms with Gasteiger partial charge in [0, 0.05) is 25.1 Å². The molecule has 2 rings (SSSR count). The molecular formula is C16H32N2O. The highest BCUT2D eigenvalue weighted by Gasteiger charge is 2.35. The maximum absolute atomic E-state index is 5.56. The van der Waals surface area contributed by atoms with Gasteiger partial charge in [-0.15, -0.1) is 0 Å². The van der Waals surface area contributed by atoms with E-state index >= 15 is 0 Å². The lowest BCUT2D eigenvalue weighted by molar-refractivity contribution is 0.00681. The molecule has 1 aliphatic carbocycles. The molecule has 19 heavy (non-hydrogen) atoms. The van der Waals surface area contributed by atoms with E-state index in [4.69, 9.17) is 4.74 Å². The van der Waals surface area contributed by atoms with Crippen molar-refractivity contribution in [1.82, 2.24) is 10.2 Å². The van der Waals surface area contributed by atoms with E-state index in [1.807, 2.05) is 7.11 Å². The van der Waals surface area contributed by atoms with Gasteiger partial charge in [-0.05, 0) is 45.3 Å². The lowest BCUT2D eigenvalue weighted by Gasteiger charge is -2.44. The van der Waals surface area contributed by atoms with E-state index in [1.165, 1.54) is 58.0 Å². The van der Waals surface area contributed by atoms with Crippen LogP contribution in [0, 0.1) is 5.41 Å².